The maximum absolute atomic E-state index is 11.8. The number of nitrogens with one attached hydrogen (secondary N) is 2. The van der Waals surface area contributed by atoms with Crippen LogP contribution in [0.4, 0.5) is 16.8 Å². The number of aromatic nitrogens is 3. The van der Waals surface area contributed by atoms with Gasteiger partial charge >= 0.3 is 0 Å². The minimum atomic E-state index is -0.0272. The molecular formula is C17H18N6OS2. The first-order valence-electron chi connectivity index (χ1n) is 8.26. The average Bonchev–Trinajstić information content (AvgIpc) is 3.35. The number of fused-ring (bicyclic) bond motifs is 1. The summed E-state index contributed by atoms with van der Waals surface area (Å²) in [6.45, 7) is 6.89. The third kappa shape index (κ3) is 3.40. The highest BCUT2D eigenvalue weighted by Gasteiger charge is 2.25. The topological polar surface area (TPSA) is 83.0 Å². The zero-order valence-electron chi connectivity index (χ0n) is 14.2. The van der Waals surface area contributed by atoms with Gasteiger partial charge < -0.3 is 15.5 Å². The van der Waals surface area contributed by atoms with Crippen molar-refractivity contribution in [2.75, 3.05) is 23.7 Å². The minimum Gasteiger partial charge on any atom is -0.365 e. The van der Waals surface area contributed by atoms with E-state index in [-0.39, 0.29) is 11.9 Å². The molecule has 9 heteroatoms. The molecule has 1 aliphatic heterocycles. The number of amides is 1. The molecule has 1 atom stereocenters. The van der Waals surface area contributed by atoms with E-state index in [4.69, 9.17) is 0 Å². The summed E-state index contributed by atoms with van der Waals surface area (Å²) in [5, 5.41) is 10.6. The number of thiophene rings is 1. The number of anilines is 3. The number of likely N-dealkylation sites (tertiary alicyclic amines) is 1. The van der Waals surface area contributed by atoms with Crippen molar-refractivity contribution in [3.63, 3.8) is 0 Å². The Hall–Kier alpha value is -2.52. The Morgan fingerprint density at radius 3 is 3.12 bits per heavy atom. The van der Waals surface area contributed by atoms with E-state index in [9.17, 15) is 4.79 Å². The molecule has 3 aromatic rings. The molecule has 0 spiro atoms. The Balaban J connectivity index is 1.57. The molecule has 4 heterocycles. The lowest BCUT2D eigenvalue weighted by Gasteiger charge is -2.16. The highest BCUT2D eigenvalue weighted by Crippen LogP contribution is 2.29. The van der Waals surface area contributed by atoms with Crippen LogP contribution in [0.2, 0.25) is 0 Å². The molecule has 0 radical (unpaired) electrons. The van der Waals surface area contributed by atoms with Gasteiger partial charge in [0.1, 0.15) is 15.6 Å². The van der Waals surface area contributed by atoms with Crippen LogP contribution in [0.1, 0.15) is 12.1 Å². The molecule has 0 unspecified atom stereocenters. The fourth-order valence-corrected chi connectivity index (χ4v) is 4.37. The number of carbonyl (C=O) groups excluding carboxylic acids is 1. The molecule has 1 aliphatic rings. The van der Waals surface area contributed by atoms with E-state index < -0.39 is 0 Å². The van der Waals surface area contributed by atoms with Crippen molar-refractivity contribution in [1.29, 1.82) is 0 Å². The Morgan fingerprint density at radius 1 is 1.46 bits per heavy atom. The summed E-state index contributed by atoms with van der Waals surface area (Å²) in [5.74, 6) is 1.31. The SMILES string of the molecule is C=CC(=O)N1CC[C@@H](Nc2nc(Nc3cc(C)ns3)nc3sccc23)C1. The van der Waals surface area contributed by atoms with Gasteiger partial charge in [-0.2, -0.15) is 9.36 Å². The normalized spacial score (nSPS) is 16.8. The van der Waals surface area contributed by atoms with Gasteiger partial charge in [-0.05, 0) is 48.5 Å². The highest BCUT2D eigenvalue weighted by molar-refractivity contribution is 7.16. The lowest BCUT2D eigenvalue weighted by molar-refractivity contribution is -0.125. The summed E-state index contributed by atoms with van der Waals surface area (Å²) in [6.07, 6.45) is 2.25. The van der Waals surface area contributed by atoms with Gasteiger partial charge in [-0.15, -0.1) is 11.3 Å². The van der Waals surface area contributed by atoms with Crippen molar-refractivity contribution in [3.8, 4) is 0 Å². The monoisotopic (exact) mass is 386 g/mol. The number of carbonyl (C=O) groups is 1. The Labute approximate surface area is 158 Å². The molecule has 0 aromatic carbocycles. The molecule has 26 heavy (non-hydrogen) atoms. The first-order chi connectivity index (χ1) is 12.6. The third-order valence-corrected chi connectivity index (χ3v) is 5.81. The van der Waals surface area contributed by atoms with Gasteiger partial charge in [0.2, 0.25) is 11.9 Å². The summed E-state index contributed by atoms with van der Waals surface area (Å²) in [4.78, 5) is 23.8. The average molecular weight is 387 g/mol. The second-order valence-corrected chi connectivity index (χ2v) is 7.81. The van der Waals surface area contributed by atoms with Crippen molar-refractivity contribution in [2.45, 2.75) is 19.4 Å². The van der Waals surface area contributed by atoms with Crippen LogP contribution >= 0.6 is 22.9 Å². The molecule has 0 aliphatic carbocycles. The fourth-order valence-electron chi connectivity index (χ4n) is 2.95. The molecule has 7 nitrogen and oxygen atoms in total. The quantitative estimate of drug-likeness (QED) is 0.654. The van der Waals surface area contributed by atoms with Crippen molar-refractivity contribution in [2.24, 2.45) is 0 Å². The summed E-state index contributed by atoms with van der Waals surface area (Å²) in [5.41, 5.74) is 0.964. The van der Waals surface area contributed by atoms with E-state index in [0.717, 1.165) is 39.7 Å². The fraction of sp³-hybridized carbons (Fsp3) is 0.294. The van der Waals surface area contributed by atoms with Crippen molar-refractivity contribution in [1.82, 2.24) is 19.2 Å². The molecule has 3 aromatic heterocycles. The summed E-state index contributed by atoms with van der Waals surface area (Å²) in [6, 6.07) is 4.15. The number of hydrogen-bond acceptors (Lipinski definition) is 8. The molecular weight excluding hydrogens is 368 g/mol. The molecule has 4 rings (SSSR count). The predicted octanol–water partition coefficient (Wildman–Crippen LogP) is 3.40. The molecule has 1 fully saturated rings. The summed E-state index contributed by atoms with van der Waals surface area (Å²) in [7, 11) is 0. The highest BCUT2D eigenvalue weighted by atomic mass is 32.1. The van der Waals surface area contributed by atoms with Crippen molar-refractivity contribution < 1.29 is 4.79 Å². The van der Waals surface area contributed by atoms with Gasteiger partial charge in [0.25, 0.3) is 0 Å². The second-order valence-electron chi connectivity index (χ2n) is 6.11. The number of aryl methyl sites for hydroxylation is 1. The first kappa shape index (κ1) is 16.9. The van der Waals surface area contributed by atoms with E-state index in [1.807, 2.05) is 24.4 Å². The van der Waals surface area contributed by atoms with Gasteiger partial charge in [-0.1, -0.05) is 6.58 Å². The molecule has 1 saturated heterocycles. The molecule has 1 amide bonds. The van der Waals surface area contributed by atoms with Gasteiger partial charge in [0.15, 0.2) is 0 Å². The van der Waals surface area contributed by atoms with Crippen LogP contribution in [0.15, 0.2) is 30.2 Å². The molecule has 0 saturated carbocycles. The minimum absolute atomic E-state index is 0.0272. The zero-order chi connectivity index (χ0) is 18.1. The lowest BCUT2D eigenvalue weighted by atomic mass is 10.2. The van der Waals surface area contributed by atoms with Gasteiger partial charge in [-0.3, -0.25) is 4.79 Å². The van der Waals surface area contributed by atoms with Gasteiger partial charge in [0, 0.05) is 19.1 Å². The van der Waals surface area contributed by atoms with E-state index in [0.29, 0.717) is 12.5 Å². The molecule has 2 N–H and O–H groups in total. The van der Waals surface area contributed by atoms with Crippen LogP contribution in [-0.2, 0) is 4.79 Å². The largest absolute Gasteiger partial charge is 0.365 e. The van der Waals surface area contributed by atoms with E-state index in [1.54, 1.807) is 16.2 Å². The Morgan fingerprint density at radius 2 is 2.35 bits per heavy atom. The third-order valence-electron chi connectivity index (χ3n) is 4.20. The first-order valence-corrected chi connectivity index (χ1v) is 9.91. The van der Waals surface area contributed by atoms with E-state index >= 15 is 0 Å². The Bertz CT molecular complexity index is 965. The Kier molecular flexibility index (Phi) is 4.56. The number of hydrogen-bond donors (Lipinski definition) is 2. The maximum atomic E-state index is 11.8. The van der Waals surface area contributed by atoms with Crippen molar-refractivity contribution in [3.05, 3.63) is 35.9 Å². The van der Waals surface area contributed by atoms with E-state index in [1.165, 1.54) is 17.6 Å². The van der Waals surface area contributed by atoms with Crippen LogP contribution in [0, 0.1) is 6.92 Å². The van der Waals surface area contributed by atoms with Crippen LogP contribution in [0.5, 0.6) is 0 Å². The lowest BCUT2D eigenvalue weighted by Crippen LogP contribution is -2.30. The van der Waals surface area contributed by atoms with Crippen LogP contribution in [-0.4, -0.2) is 44.3 Å². The standard InChI is InChI=1S/C17H18N6OS2/c1-3-14(24)23-6-4-11(9-23)18-15-12-5-7-25-16(12)21-17(20-15)19-13-8-10(2)22-26-13/h3,5,7-8,11H,1,4,6,9H2,2H3,(H2,18,19,20,21)/t11-/m1/s1. The van der Waals surface area contributed by atoms with Gasteiger partial charge in [0.05, 0.1) is 11.1 Å². The maximum Gasteiger partial charge on any atom is 0.246 e. The second kappa shape index (κ2) is 7.00. The smallest absolute Gasteiger partial charge is 0.246 e. The molecule has 0 bridgehead atoms. The summed E-state index contributed by atoms with van der Waals surface area (Å²) < 4.78 is 4.27. The van der Waals surface area contributed by atoms with Gasteiger partial charge in [-0.25, -0.2) is 4.98 Å². The zero-order valence-corrected chi connectivity index (χ0v) is 15.9. The molecule has 134 valence electrons. The van der Waals surface area contributed by atoms with Crippen molar-refractivity contribution >= 4 is 55.8 Å². The van der Waals surface area contributed by atoms with E-state index in [2.05, 4.69) is 31.6 Å². The predicted molar refractivity (Wildman–Crippen MR) is 106 cm³/mol. The summed E-state index contributed by atoms with van der Waals surface area (Å²) >= 11 is 2.96. The van der Waals surface area contributed by atoms with Crippen LogP contribution in [0.3, 0.4) is 0 Å². The number of nitrogens with zero attached hydrogens (tertiary/aromatic N) is 4. The van der Waals surface area contributed by atoms with Crippen LogP contribution in [0.25, 0.3) is 10.2 Å². The van der Waals surface area contributed by atoms with Crippen LogP contribution < -0.4 is 10.6 Å². The number of rotatable bonds is 5.